The number of ether oxygens (including phenoxy) is 1. The van der Waals surface area contributed by atoms with E-state index in [0.717, 1.165) is 31.5 Å². The van der Waals surface area contributed by atoms with Crippen molar-refractivity contribution < 1.29 is 24.0 Å². The average Bonchev–Trinajstić information content (AvgIpc) is 3.02. The van der Waals surface area contributed by atoms with Crippen LogP contribution in [-0.2, 0) is 20.8 Å². The summed E-state index contributed by atoms with van der Waals surface area (Å²) in [7, 11) is -1.02. The van der Waals surface area contributed by atoms with Gasteiger partial charge in [-0.25, -0.2) is 4.79 Å². The molecule has 3 N–H and O–H groups in total. The molecule has 1 amide bonds. The maximum Gasteiger partial charge on any atom is 0.492 e. The smallest absolute Gasteiger partial charge is 0.461 e. The number of nitrogens with one attached hydrogen (secondary N) is 2. The molecule has 1 aromatic carbocycles. The Kier molecular flexibility index (Phi) is 6.19. The van der Waals surface area contributed by atoms with E-state index in [0.29, 0.717) is 23.2 Å². The van der Waals surface area contributed by atoms with Crippen LogP contribution in [0.3, 0.4) is 0 Å². The SMILES string of the molecule is Cc1c(C(=O)N[C@H](C(=O)OC2CCNCC2)C(C)C)ccc2c1B(O)OC2. The van der Waals surface area contributed by atoms with Gasteiger partial charge in [0.1, 0.15) is 12.1 Å². The van der Waals surface area contributed by atoms with Crippen molar-refractivity contribution in [2.75, 3.05) is 13.1 Å². The van der Waals surface area contributed by atoms with Crippen molar-refractivity contribution in [2.45, 2.75) is 52.4 Å². The van der Waals surface area contributed by atoms with Crippen LogP contribution in [0.5, 0.6) is 0 Å². The van der Waals surface area contributed by atoms with Crippen LogP contribution in [0.15, 0.2) is 12.1 Å². The Morgan fingerprint density at radius 2 is 2.04 bits per heavy atom. The van der Waals surface area contributed by atoms with Crippen LogP contribution >= 0.6 is 0 Å². The summed E-state index contributed by atoms with van der Waals surface area (Å²) in [5.41, 5.74) is 2.62. The quantitative estimate of drug-likeness (QED) is 0.506. The fourth-order valence-electron chi connectivity index (χ4n) is 3.62. The number of esters is 1. The first kappa shape index (κ1) is 19.9. The molecule has 0 bridgehead atoms. The molecule has 1 fully saturated rings. The molecule has 146 valence electrons. The van der Waals surface area contributed by atoms with Crippen molar-refractivity contribution in [1.29, 1.82) is 0 Å². The van der Waals surface area contributed by atoms with Crippen LogP contribution in [0, 0.1) is 12.8 Å². The van der Waals surface area contributed by atoms with Gasteiger partial charge in [0, 0.05) is 5.56 Å². The Hall–Kier alpha value is -1.90. The largest absolute Gasteiger partial charge is 0.492 e. The van der Waals surface area contributed by atoms with E-state index in [9.17, 15) is 14.6 Å². The van der Waals surface area contributed by atoms with Crippen LogP contribution in [0.4, 0.5) is 0 Å². The minimum atomic E-state index is -1.02. The van der Waals surface area contributed by atoms with Gasteiger partial charge in [0.15, 0.2) is 0 Å². The molecular weight excluding hydrogens is 347 g/mol. The average molecular weight is 374 g/mol. The molecule has 8 heteroatoms. The molecule has 1 aromatic rings. The standard InChI is InChI=1S/C19H27BN2O5/c1-11(2)17(19(24)27-14-6-8-21-9-7-14)22-18(23)15-5-4-13-10-26-20(25)16(13)12(15)3/h4-5,11,14,17,21,25H,6-10H2,1-3H3,(H,22,23)/t17-/m0/s1. The van der Waals surface area contributed by atoms with E-state index in [2.05, 4.69) is 10.6 Å². The number of carbonyl (C=O) groups is 2. The predicted octanol–water partition coefficient (Wildman–Crippen LogP) is 0.262. The first-order valence-corrected chi connectivity index (χ1v) is 9.52. The lowest BCUT2D eigenvalue weighted by molar-refractivity contribution is -0.153. The molecule has 1 saturated heterocycles. The van der Waals surface area contributed by atoms with E-state index < -0.39 is 19.1 Å². The van der Waals surface area contributed by atoms with Gasteiger partial charge in [-0.05, 0) is 61.4 Å². The van der Waals surface area contributed by atoms with Crippen LogP contribution < -0.4 is 16.1 Å². The van der Waals surface area contributed by atoms with Gasteiger partial charge in [-0.3, -0.25) is 4.79 Å². The van der Waals surface area contributed by atoms with Crippen molar-refractivity contribution in [1.82, 2.24) is 10.6 Å². The highest BCUT2D eigenvalue weighted by Crippen LogP contribution is 2.17. The lowest BCUT2D eigenvalue weighted by atomic mass is 9.75. The minimum Gasteiger partial charge on any atom is -0.461 e. The van der Waals surface area contributed by atoms with E-state index in [1.165, 1.54) is 0 Å². The third-order valence-electron chi connectivity index (χ3n) is 5.27. The highest BCUT2D eigenvalue weighted by Gasteiger charge is 2.33. The zero-order valence-electron chi connectivity index (χ0n) is 16.1. The molecule has 0 saturated carbocycles. The normalized spacial score (nSPS) is 18.3. The van der Waals surface area contributed by atoms with Crippen LogP contribution in [0.25, 0.3) is 0 Å². The summed E-state index contributed by atoms with van der Waals surface area (Å²) >= 11 is 0. The number of hydrogen-bond acceptors (Lipinski definition) is 6. The fourth-order valence-corrected chi connectivity index (χ4v) is 3.62. The molecule has 2 heterocycles. The summed E-state index contributed by atoms with van der Waals surface area (Å²) in [6, 6.07) is 2.77. The van der Waals surface area contributed by atoms with Crippen molar-refractivity contribution in [3.8, 4) is 0 Å². The van der Waals surface area contributed by atoms with E-state index >= 15 is 0 Å². The van der Waals surface area contributed by atoms with E-state index in [1.54, 1.807) is 19.1 Å². The summed E-state index contributed by atoms with van der Waals surface area (Å²) in [5, 5.41) is 16.0. The topological polar surface area (TPSA) is 96.9 Å². The Morgan fingerprint density at radius 3 is 2.70 bits per heavy atom. The molecule has 0 aliphatic carbocycles. The molecule has 2 aliphatic heterocycles. The van der Waals surface area contributed by atoms with Gasteiger partial charge in [-0.1, -0.05) is 19.9 Å². The predicted molar refractivity (Wildman–Crippen MR) is 102 cm³/mol. The summed E-state index contributed by atoms with van der Waals surface area (Å²) in [6.45, 7) is 7.52. The summed E-state index contributed by atoms with van der Waals surface area (Å²) in [6.07, 6.45) is 1.46. The van der Waals surface area contributed by atoms with Gasteiger partial charge in [-0.2, -0.15) is 0 Å². The molecule has 0 radical (unpaired) electrons. The summed E-state index contributed by atoms with van der Waals surface area (Å²) in [4.78, 5) is 25.5. The van der Waals surface area contributed by atoms with Crippen molar-refractivity contribution >= 4 is 24.5 Å². The molecule has 7 nitrogen and oxygen atoms in total. The third-order valence-corrected chi connectivity index (χ3v) is 5.27. The number of hydrogen-bond donors (Lipinski definition) is 3. The molecule has 0 unspecified atom stereocenters. The zero-order valence-corrected chi connectivity index (χ0v) is 16.1. The highest BCUT2D eigenvalue weighted by molar-refractivity contribution is 6.62. The maximum atomic E-state index is 12.8. The molecule has 2 aliphatic rings. The number of benzene rings is 1. The minimum absolute atomic E-state index is 0.105. The second-order valence-corrected chi connectivity index (χ2v) is 7.56. The Morgan fingerprint density at radius 1 is 1.33 bits per heavy atom. The lowest BCUT2D eigenvalue weighted by Crippen LogP contribution is -2.47. The fraction of sp³-hybridized carbons (Fsp3) is 0.579. The highest BCUT2D eigenvalue weighted by atomic mass is 16.5. The van der Waals surface area contributed by atoms with Gasteiger partial charge in [-0.15, -0.1) is 0 Å². The van der Waals surface area contributed by atoms with Crippen LogP contribution in [0.2, 0.25) is 0 Å². The van der Waals surface area contributed by atoms with Crippen molar-refractivity contribution in [2.24, 2.45) is 5.92 Å². The van der Waals surface area contributed by atoms with Crippen molar-refractivity contribution in [3.05, 3.63) is 28.8 Å². The number of piperidine rings is 1. The molecule has 27 heavy (non-hydrogen) atoms. The Balaban J connectivity index is 1.72. The molecule has 0 spiro atoms. The first-order valence-electron chi connectivity index (χ1n) is 9.52. The number of amides is 1. The number of rotatable bonds is 5. The van der Waals surface area contributed by atoms with Gasteiger partial charge < -0.3 is 25.0 Å². The van der Waals surface area contributed by atoms with E-state index in [4.69, 9.17) is 9.39 Å². The Bertz CT molecular complexity index is 718. The molecule has 0 aromatic heterocycles. The number of carbonyl (C=O) groups excluding carboxylic acids is 2. The van der Waals surface area contributed by atoms with Crippen LogP contribution in [0.1, 0.15) is 48.2 Å². The van der Waals surface area contributed by atoms with Gasteiger partial charge >= 0.3 is 13.1 Å². The maximum absolute atomic E-state index is 12.8. The monoisotopic (exact) mass is 374 g/mol. The van der Waals surface area contributed by atoms with E-state index in [-0.39, 0.29) is 17.9 Å². The van der Waals surface area contributed by atoms with Crippen molar-refractivity contribution in [3.63, 3.8) is 0 Å². The molecule has 1 atom stereocenters. The second-order valence-electron chi connectivity index (χ2n) is 7.56. The molecule has 3 rings (SSSR count). The summed E-state index contributed by atoms with van der Waals surface area (Å²) < 4.78 is 10.8. The molecular formula is C19H27BN2O5. The lowest BCUT2D eigenvalue weighted by Gasteiger charge is -2.27. The van der Waals surface area contributed by atoms with Gasteiger partial charge in [0.25, 0.3) is 5.91 Å². The van der Waals surface area contributed by atoms with Crippen LogP contribution in [-0.4, -0.2) is 49.3 Å². The number of fused-ring (bicyclic) bond motifs is 1. The van der Waals surface area contributed by atoms with E-state index in [1.807, 2.05) is 13.8 Å². The summed E-state index contributed by atoms with van der Waals surface area (Å²) in [5.74, 6) is -0.852. The zero-order chi connectivity index (χ0) is 19.6. The van der Waals surface area contributed by atoms with Gasteiger partial charge in [0.05, 0.1) is 6.61 Å². The van der Waals surface area contributed by atoms with Gasteiger partial charge in [0.2, 0.25) is 0 Å². The third kappa shape index (κ3) is 4.34. The first-order chi connectivity index (χ1) is 12.9. The Labute approximate surface area is 160 Å². The second kappa shape index (κ2) is 8.41.